The lowest BCUT2D eigenvalue weighted by Crippen LogP contribution is -2.32. The van der Waals surface area contributed by atoms with Crippen molar-refractivity contribution < 1.29 is 4.79 Å². The van der Waals surface area contributed by atoms with Gasteiger partial charge in [-0.2, -0.15) is 0 Å². The molecule has 98 valence electrons. The van der Waals surface area contributed by atoms with Gasteiger partial charge in [0, 0.05) is 19.1 Å². The number of likely N-dealkylation sites (tertiary alicyclic amines) is 1. The molecule has 0 spiro atoms. The first-order valence-corrected chi connectivity index (χ1v) is 6.26. The van der Waals surface area contributed by atoms with Crippen LogP contribution in [-0.2, 0) is 0 Å². The number of nitrogens with two attached hydrogens (primary N) is 1. The van der Waals surface area contributed by atoms with E-state index in [0.29, 0.717) is 18.8 Å². The van der Waals surface area contributed by atoms with Crippen molar-refractivity contribution in [1.29, 1.82) is 0 Å². The second-order valence-corrected chi connectivity index (χ2v) is 4.68. The van der Waals surface area contributed by atoms with Crippen LogP contribution in [0.4, 0.5) is 0 Å². The van der Waals surface area contributed by atoms with Crippen molar-refractivity contribution in [3.63, 3.8) is 0 Å². The molecule has 1 aliphatic heterocycles. The van der Waals surface area contributed by atoms with E-state index in [2.05, 4.69) is 10.3 Å². The van der Waals surface area contributed by atoms with Gasteiger partial charge >= 0.3 is 0 Å². The Balaban J connectivity index is 1.80. The van der Waals surface area contributed by atoms with Crippen LogP contribution in [0.5, 0.6) is 0 Å². The maximum Gasteiger partial charge on any atom is 0.276 e. The first kappa shape index (κ1) is 11.9. The number of amides is 1. The molecular formula is C13H15N5O. The molecule has 0 radical (unpaired) electrons. The lowest BCUT2D eigenvalue weighted by Gasteiger charge is -2.13. The van der Waals surface area contributed by atoms with Crippen LogP contribution in [0.1, 0.15) is 16.9 Å². The average molecular weight is 257 g/mol. The van der Waals surface area contributed by atoms with E-state index >= 15 is 0 Å². The highest BCUT2D eigenvalue weighted by molar-refractivity contribution is 5.92. The molecule has 1 aromatic heterocycles. The fourth-order valence-electron chi connectivity index (χ4n) is 2.20. The Morgan fingerprint density at radius 1 is 1.32 bits per heavy atom. The highest BCUT2D eigenvalue weighted by Crippen LogP contribution is 2.12. The number of carbonyl (C=O) groups excluding carboxylic acids is 1. The maximum atomic E-state index is 12.2. The predicted molar refractivity (Wildman–Crippen MR) is 69.9 cm³/mol. The van der Waals surface area contributed by atoms with Crippen molar-refractivity contribution in [2.45, 2.75) is 12.5 Å². The highest BCUT2D eigenvalue weighted by Gasteiger charge is 2.26. The van der Waals surface area contributed by atoms with Crippen molar-refractivity contribution in [3.8, 4) is 5.69 Å². The number of aromatic nitrogens is 3. The van der Waals surface area contributed by atoms with Crippen LogP contribution in [0.3, 0.4) is 0 Å². The van der Waals surface area contributed by atoms with Crippen LogP contribution in [0, 0.1) is 0 Å². The molecule has 2 aromatic rings. The van der Waals surface area contributed by atoms with Crippen molar-refractivity contribution in [1.82, 2.24) is 19.9 Å². The lowest BCUT2D eigenvalue weighted by atomic mass is 10.3. The Labute approximate surface area is 110 Å². The lowest BCUT2D eigenvalue weighted by molar-refractivity contribution is 0.0785. The standard InChI is InChI=1S/C13H15N5O/c14-10-6-7-17(8-10)13(19)12-9-18(16-15-12)11-4-2-1-3-5-11/h1-5,9-10H,6-8,14H2/t10-/m1/s1. The van der Waals surface area contributed by atoms with Gasteiger partial charge in [-0.3, -0.25) is 4.79 Å². The van der Waals surface area contributed by atoms with E-state index in [1.165, 1.54) is 0 Å². The zero-order chi connectivity index (χ0) is 13.2. The van der Waals surface area contributed by atoms with Gasteiger partial charge in [0.1, 0.15) is 0 Å². The third-order valence-corrected chi connectivity index (χ3v) is 3.25. The minimum atomic E-state index is -0.102. The Bertz CT molecular complexity index is 580. The van der Waals surface area contributed by atoms with Crippen LogP contribution >= 0.6 is 0 Å². The zero-order valence-corrected chi connectivity index (χ0v) is 10.4. The number of nitrogens with zero attached hydrogens (tertiary/aromatic N) is 4. The van der Waals surface area contributed by atoms with E-state index in [1.54, 1.807) is 15.8 Å². The molecule has 0 unspecified atom stereocenters. The first-order chi connectivity index (χ1) is 9.24. The SMILES string of the molecule is N[C@@H]1CCN(C(=O)c2cn(-c3ccccc3)nn2)C1. The van der Waals surface area contributed by atoms with Crippen molar-refractivity contribution in [3.05, 3.63) is 42.2 Å². The molecular weight excluding hydrogens is 242 g/mol. The van der Waals surface area contributed by atoms with Crippen molar-refractivity contribution >= 4 is 5.91 Å². The first-order valence-electron chi connectivity index (χ1n) is 6.26. The molecule has 2 N–H and O–H groups in total. The summed E-state index contributed by atoms with van der Waals surface area (Å²) in [7, 11) is 0. The van der Waals surface area contributed by atoms with Gasteiger partial charge < -0.3 is 10.6 Å². The van der Waals surface area contributed by atoms with Crippen LogP contribution in [0.15, 0.2) is 36.5 Å². The molecule has 1 aromatic carbocycles. The Morgan fingerprint density at radius 3 is 2.79 bits per heavy atom. The van der Waals surface area contributed by atoms with Crippen LogP contribution < -0.4 is 5.73 Å². The summed E-state index contributed by atoms with van der Waals surface area (Å²) < 4.78 is 1.60. The number of para-hydroxylation sites is 1. The summed E-state index contributed by atoms with van der Waals surface area (Å²) in [6.45, 7) is 1.29. The summed E-state index contributed by atoms with van der Waals surface area (Å²) in [6.07, 6.45) is 2.50. The Kier molecular flexibility index (Phi) is 3.00. The van der Waals surface area contributed by atoms with Crippen molar-refractivity contribution in [2.24, 2.45) is 5.73 Å². The molecule has 0 saturated carbocycles. The number of hydrogen-bond acceptors (Lipinski definition) is 4. The number of hydrogen-bond donors (Lipinski definition) is 1. The second-order valence-electron chi connectivity index (χ2n) is 4.68. The second kappa shape index (κ2) is 4.81. The van der Waals surface area contributed by atoms with Gasteiger partial charge in [0.15, 0.2) is 5.69 Å². The largest absolute Gasteiger partial charge is 0.336 e. The normalized spacial score (nSPS) is 18.8. The maximum absolute atomic E-state index is 12.2. The number of carbonyl (C=O) groups is 1. The Hall–Kier alpha value is -2.21. The smallest absolute Gasteiger partial charge is 0.276 e. The molecule has 0 bridgehead atoms. The van der Waals surface area contributed by atoms with E-state index in [0.717, 1.165) is 12.1 Å². The molecule has 19 heavy (non-hydrogen) atoms. The fourth-order valence-corrected chi connectivity index (χ4v) is 2.20. The quantitative estimate of drug-likeness (QED) is 0.847. The molecule has 6 nitrogen and oxygen atoms in total. The molecule has 3 rings (SSSR count). The van der Waals surface area contributed by atoms with Crippen molar-refractivity contribution in [2.75, 3.05) is 13.1 Å². The summed E-state index contributed by atoms with van der Waals surface area (Å²) in [6, 6.07) is 9.66. The van der Waals surface area contributed by atoms with Gasteiger partial charge in [-0.15, -0.1) is 5.10 Å². The molecule has 6 heteroatoms. The van der Waals surface area contributed by atoms with Gasteiger partial charge in [-0.1, -0.05) is 23.4 Å². The molecule has 1 atom stereocenters. The topological polar surface area (TPSA) is 77.0 Å². The Morgan fingerprint density at radius 2 is 2.11 bits per heavy atom. The number of rotatable bonds is 2. The van der Waals surface area contributed by atoms with Crippen LogP contribution in [0.25, 0.3) is 5.69 Å². The molecule has 1 aliphatic rings. The summed E-state index contributed by atoms with van der Waals surface area (Å²) in [5.41, 5.74) is 7.04. The molecule has 0 aliphatic carbocycles. The van der Waals surface area contributed by atoms with Gasteiger partial charge in [0.05, 0.1) is 11.9 Å². The van der Waals surface area contributed by atoms with Gasteiger partial charge in [0.25, 0.3) is 5.91 Å². The number of benzene rings is 1. The monoisotopic (exact) mass is 257 g/mol. The summed E-state index contributed by atoms with van der Waals surface area (Å²) in [5, 5.41) is 7.93. The summed E-state index contributed by atoms with van der Waals surface area (Å²) in [5.74, 6) is -0.102. The zero-order valence-electron chi connectivity index (χ0n) is 10.4. The van der Waals surface area contributed by atoms with Gasteiger partial charge in [-0.05, 0) is 18.6 Å². The fraction of sp³-hybridized carbons (Fsp3) is 0.308. The molecule has 1 fully saturated rings. The van der Waals surface area contributed by atoms with Crippen LogP contribution in [0.2, 0.25) is 0 Å². The van der Waals surface area contributed by atoms with E-state index in [-0.39, 0.29) is 11.9 Å². The molecule has 1 saturated heterocycles. The molecule has 1 amide bonds. The van der Waals surface area contributed by atoms with Crippen LogP contribution in [-0.4, -0.2) is 44.9 Å². The van der Waals surface area contributed by atoms with E-state index in [1.807, 2.05) is 30.3 Å². The van der Waals surface area contributed by atoms with Gasteiger partial charge in [-0.25, -0.2) is 4.68 Å². The highest BCUT2D eigenvalue weighted by atomic mass is 16.2. The summed E-state index contributed by atoms with van der Waals surface area (Å²) >= 11 is 0. The van der Waals surface area contributed by atoms with E-state index in [4.69, 9.17) is 5.73 Å². The van der Waals surface area contributed by atoms with E-state index < -0.39 is 0 Å². The predicted octanol–water partition coefficient (Wildman–Crippen LogP) is 0.440. The van der Waals surface area contributed by atoms with Gasteiger partial charge in [0.2, 0.25) is 0 Å². The molecule has 2 heterocycles. The average Bonchev–Trinajstić information content (AvgIpc) is 3.08. The third-order valence-electron chi connectivity index (χ3n) is 3.25. The van der Waals surface area contributed by atoms with E-state index in [9.17, 15) is 4.79 Å². The third kappa shape index (κ3) is 2.34. The minimum Gasteiger partial charge on any atom is -0.336 e. The summed E-state index contributed by atoms with van der Waals surface area (Å²) in [4.78, 5) is 13.9. The minimum absolute atomic E-state index is 0.0770.